The molecule has 4 nitrogen and oxygen atoms in total. The number of hydrogen-bond donors (Lipinski definition) is 1. The number of aliphatic hydroxyl groups excluding tert-OH is 1. The summed E-state index contributed by atoms with van der Waals surface area (Å²) in [5.41, 5.74) is 0.0906. The number of rotatable bonds is 3. The molecular weight excluding hydrogens is 232 g/mol. The van der Waals surface area contributed by atoms with Crippen LogP contribution in [0, 0.1) is 17.3 Å². The van der Waals surface area contributed by atoms with Crippen molar-refractivity contribution in [3.8, 4) is 0 Å². The quantitative estimate of drug-likeness (QED) is 0.784. The van der Waals surface area contributed by atoms with Crippen LogP contribution in [0.4, 0.5) is 0 Å². The predicted molar refractivity (Wildman–Crippen MR) is 67.9 cm³/mol. The average Bonchev–Trinajstić information content (AvgIpc) is 2.27. The van der Waals surface area contributed by atoms with E-state index < -0.39 is 18.0 Å². The van der Waals surface area contributed by atoms with Gasteiger partial charge in [0.2, 0.25) is 0 Å². The maximum absolute atomic E-state index is 11.8. The Hall–Kier alpha value is -0.900. The van der Waals surface area contributed by atoms with E-state index >= 15 is 0 Å². The van der Waals surface area contributed by atoms with Crippen LogP contribution in [0.5, 0.6) is 0 Å². The van der Waals surface area contributed by atoms with E-state index in [4.69, 9.17) is 4.74 Å². The Morgan fingerprint density at radius 1 is 1.50 bits per heavy atom. The van der Waals surface area contributed by atoms with E-state index in [0.29, 0.717) is 18.8 Å². The minimum absolute atomic E-state index is 0.0175. The van der Waals surface area contributed by atoms with Crippen LogP contribution in [0.1, 0.15) is 47.0 Å². The van der Waals surface area contributed by atoms with Crippen LogP contribution in [-0.4, -0.2) is 29.6 Å². The maximum Gasteiger partial charge on any atom is 0.335 e. The minimum Gasteiger partial charge on any atom is -0.464 e. The molecule has 104 valence electrons. The fraction of sp³-hybridized carbons (Fsp3) is 0.857. The summed E-state index contributed by atoms with van der Waals surface area (Å²) in [5, 5.41) is 9.93. The number of esters is 1. The van der Waals surface area contributed by atoms with Gasteiger partial charge in [-0.2, -0.15) is 0 Å². The number of carbonyl (C=O) groups excluding carboxylic acids is 2. The molecule has 0 aliphatic heterocycles. The van der Waals surface area contributed by atoms with Crippen LogP contribution in [0.3, 0.4) is 0 Å². The standard InChI is InChI=1S/C14H24O4/c1-5-18-13(17)12(16)10-8-9(14(2,3)4)6-7-11(10)15/h9-10,12,16H,5-8H2,1-4H3/t9-,10+,12+/m0/s1. The summed E-state index contributed by atoms with van der Waals surface area (Å²) in [6.45, 7) is 8.29. The summed E-state index contributed by atoms with van der Waals surface area (Å²) in [5.74, 6) is -0.937. The maximum atomic E-state index is 11.8. The second-order valence-corrected chi connectivity index (χ2v) is 6.11. The van der Waals surface area contributed by atoms with Crippen molar-refractivity contribution in [1.29, 1.82) is 0 Å². The molecule has 0 spiro atoms. The zero-order chi connectivity index (χ0) is 13.9. The van der Waals surface area contributed by atoms with Crippen LogP contribution in [0.15, 0.2) is 0 Å². The first-order valence-electron chi connectivity index (χ1n) is 6.64. The third-order valence-corrected chi connectivity index (χ3v) is 3.83. The molecule has 0 bridgehead atoms. The van der Waals surface area contributed by atoms with Gasteiger partial charge in [0.1, 0.15) is 5.78 Å². The van der Waals surface area contributed by atoms with E-state index in [2.05, 4.69) is 20.8 Å². The lowest BCUT2D eigenvalue weighted by Crippen LogP contribution is -2.42. The molecule has 4 heteroatoms. The molecule has 0 amide bonds. The number of ketones is 1. The van der Waals surface area contributed by atoms with Gasteiger partial charge in [-0.3, -0.25) is 4.79 Å². The molecule has 0 saturated heterocycles. The molecule has 0 aromatic heterocycles. The van der Waals surface area contributed by atoms with Crippen LogP contribution < -0.4 is 0 Å². The normalized spacial score (nSPS) is 26.8. The van der Waals surface area contributed by atoms with E-state index in [1.54, 1.807) is 6.92 Å². The van der Waals surface area contributed by atoms with Gasteiger partial charge in [0.05, 0.1) is 12.5 Å². The Bertz CT molecular complexity index is 316. The summed E-state index contributed by atoms with van der Waals surface area (Å²) in [7, 11) is 0. The van der Waals surface area contributed by atoms with E-state index in [0.717, 1.165) is 6.42 Å². The fourth-order valence-electron chi connectivity index (χ4n) is 2.54. The van der Waals surface area contributed by atoms with Crippen LogP contribution in [-0.2, 0) is 14.3 Å². The Morgan fingerprint density at radius 3 is 2.61 bits per heavy atom. The number of carbonyl (C=O) groups is 2. The highest BCUT2D eigenvalue weighted by atomic mass is 16.5. The Balaban J connectivity index is 2.73. The molecule has 0 heterocycles. The Kier molecular flexibility index (Phi) is 4.91. The van der Waals surface area contributed by atoms with Gasteiger partial charge in [-0.1, -0.05) is 20.8 Å². The van der Waals surface area contributed by atoms with Crippen molar-refractivity contribution in [3.63, 3.8) is 0 Å². The van der Waals surface area contributed by atoms with Crippen molar-refractivity contribution in [2.24, 2.45) is 17.3 Å². The van der Waals surface area contributed by atoms with Crippen molar-refractivity contribution in [2.45, 2.75) is 53.1 Å². The second-order valence-electron chi connectivity index (χ2n) is 6.11. The third kappa shape index (κ3) is 3.55. The molecule has 0 unspecified atom stereocenters. The number of Topliss-reactive ketones (excluding diaryl/α,β-unsaturated/α-hetero) is 1. The predicted octanol–water partition coefficient (Wildman–Crippen LogP) is 1.94. The van der Waals surface area contributed by atoms with Gasteiger partial charge in [0.15, 0.2) is 6.10 Å². The van der Waals surface area contributed by atoms with Gasteiger partial charge in [0.25, 0.3) is 0 Å². The van der Waals surface area contributed by atoms with Crippen molar-refractivity contribution in [2.75, 3.05) is 6.61 Å². The molecule has 3 atom stereocenters. The zero-order valence-corrected chi connectivity index (χ0v) is 11.7. The largest absolute Gasteiger partial charge is 0.464 e. The smallest absolute Gasteiger partial charge is 0.335 e. The third-order valence-electron chi connectivity index (χ3n) is 3.83. The highest BCUT2D eigenvalue weighted by Crippen LogP contribution is 2.40. The fourth-order valence-corrected chi connectivity index (χ4v) is 2.54. The molecule has 0 aromatic carbocycles. The van der Waals surface area contributed by atoms with Crippen molar-refractivity contribution in [3.05, 3.63) is 0 Å². The van der Waals surface area contributed by atoms with E-state index in [1.807, 2.05) is 0 Å². The van der Waals surface area contributed by atoms with Crippen molar-refractivity contribution >= 4 is 11.8 Å². The molecule has 1 saturated carbocycles. The van der Waals surface area contributed by atoms with Gasteiger partial charge in [0, 0.05) is 6.42 Å². The van der Waals surface area contributed by atoms with Gasteiger partial charge in [-0.25, -0.2) is 4.79 Å². The van der Waals surface area contributed by atoms with Gasteiger partial charge in [-0.05, 0) is 31.1 Å². The highest BCUT2D eigenvalue weighted by Gasteiger charge is 2.40. The number of aliphatic hydroxyl groups is 1. The molecule has 1 aliphatic rings. The van der Waals surface area contributed by atoms with E-state index in [1.165, 1.54) is 0 Å². The molecular formula is C14H24O4. The summed E-state index contributed by atoms with van der Waals surface area (Å²) in [6, 6.07) is 0. The average molecular weight is 256 g/mol. The summed E-state index contributed by atoms with van der Waals surface area (Å²) < 4.78 is 4.78. The lowest BCUT2D eigenvalue weighted by molar-refractivity contribution is -0.160. The first-order valence-corrected chi connectivity index (χ1v) is 6.64. The van der Waals surface area contributed by atoms with E-state index in [-0.39, 0.29) is 17.8 Å². The molecule has 1 fully saturated rings. The zero-order valence-electron chi connectivity index (χ0n) is 11.7. The summed E-state index contributed by atoms with van der Waals surface area (Å²) >= 11 is 0. The van der Waals surface area contributed by atoms with Crippen LogP contribution >= 0.6 is 0 Å². The Morgan fingerprint density at radius 2 is 2.11 bits per heavy atom. The molecule has 1 aliphatic carbocycles. The van der Waals surface area contributed by atoms with Gasteiger partial charge < -0.3 is 9.84 Å². The molecule has 1 rings (SSSR count). The summed E-state index contributed by atoms with van der Waals surface area (Å²) in [4.78, 5) is 23.4. The monoisotopic (exact) mass is 256 g/mol. The lowest BCUT2D eigenvalue weighted by Gasteiger charge is -2.37. The number of hydrogen-bond acceptors (Lipinski definition) is 4. The molecule has 0 aromatic rings. The Labute approximate surface area is 109 Å². The minimum atomic E-state index is -1.30. The lowest BCUT2D eigenvalue weighted by atomic mass is 9.67. The molecule has 1 N–H and O–H groups in total. The highest BCUT2D eigenvalue weighted by molar-refractivity contribution is 5.88. The SMILES string of the molecule is CCOC(=O)[C@H](O)[C@@H]1C[C@@H](C(C)(C)C)CCC1=O. The molecule has 18 heavy (non-hydrogen) atoms. The first-order chi connectivity index (χ1) is 8.27. The summed E-state index contributed by atoms with van der Waals surface area (Å²) in [6.07, 6.45) is 0.558. The van der Waals surface area contributed by atoms with Gasteiger partial charge >= 0.3 is 5.97 Å². The second kappa shape index (κ2) is 5.83. The number of ether oxygens (including phenoxy) is 1. The van der Waals surface area contributed by atoms with Crippen molar-refractivity contribution < 1.29 is 19.4 Å². The van der Waals surface area contributed by atoms with Crippen LogP contribution in [0.25, 0.3) is 0 Å². The first kappa shape index (κ1) is 15.2. The van der Waals surface area contributed by atoms with Crippen molar-refractivity contribution in [1.82, 2.24) is 0 Å². The molecule has 0 radical (unpaired) electrons. The van der Waals surface area contributed by atoms with E-state index in [9.17, 15) is 14.7 Å². The van der Waals surface area contributed by atoms with Crippen LogP contribution in [0.2, 0.25) is 0 Å². The topological polar surface area (TPSA) is 63.6 Å². The van der Waals surface area contributed by atoms with Gasteiger partial charge in [-0.15, -0.1) is 0 Å².